The molecular weight excluding hydrogens is 306 g/mol. The van der Waals surface area contributed by atoms with E-state index < -0.39 is 0 Å². The number of benzene rings is 1. The van der Waals surface area contributed by atoms with Gasteiger partial charge in [-0.3, -0.25) is 9.59 Å². The van der Waals surface area contributed by atoms with Crippen molar-refractivity contribution in [1.29, 1.82) is 0 Å². The van der Waals surface area contributed by atoms with Crippen LogP contribution >= 0.6 is 0 Å². The molecule has 1 aromatic carbocycles. The minimum Gasteiger partial charge on any atom is -0.482 e. The van der Waals surface area contributed by atoms with E-state index in [9.17, 15) is 9.59 Å². The molecule has 6 heteroatoms. The van der Waals surface area contributed by atoms with Crippen LogP contribution in [0.2, 0.25) is 0 Å². The van der Waals surface area contributed by atoms with Gasteiger partial charge in [-0.15, -0.1) is 0 Å². The Labute approximate surface area is 142 Å². The summed E-state index contributed by atoms with van der Waals surface area (Å²) < 4.78 is 5.34. The van der Waals surface area contributed by atoms with E-state index in [1.165, 1.54) is 25.9 Å². The van der Waals surface area contributed by atoms with Crippen LogP contribution in [0.4, 0.5) is 5.69 Å². The number of rotatable bonds is 6. The van der Waals surface area contributed by atoms with Gasteiger partial charge in [0.25, 0.3) is 11.8 Å². The van der Waals surface area contributed by atoms with Gasteiger partial charge in [0, 0.05) is 18.7 Å². The highest BCUT2D eigenvalue weighted by atomic mass is 16.5. The van der Waals surface area contributed by atoms with E-state index in [0.717, 1.165) is 19.5 Å². The molecule has 1 N–H and O–H groups in total. The second-order valence-corrected chi connectivity index (χ2v) is 6.33. The van der Waals surface area contributed by atoms with Crippen LogP contribution in [0.1, 0.15) is 36.5 Å². The van der Waals surface area contributed by atoms with Crippen molar-refractivity contribution in [2.45, 2.75) is 26.2 Å². The molecule has 0 aliphatic carbocycles. The third kappa shape index (κ3) is 3.87. The fourth-order valence-corrected chi connectivity index (χ4v) is 3.29. The molecule has 3 rings (SSSR count). The third-order valence-corrected chi connectivity index (χ3v) is 4.63. The highest BCUT2D eigenvalue weighted by molar-refractivity contribution is 5.99. The van der Waals surface area contributed by atoms with Gasteiger partial charge in [0.05, 0.1) is 5.69 Å². The van der Waals surface area contributed by atoms with E-state index in [1.54, 1.807) is 18.2 Å². The molecule has 0 aromatic heterocycles. The van der Waals surface area contributed by atoms with Gasteiger partial charge in [-0.1, -0.05) is 0 Å². The van der Waals surface area contributed by atoms with Crippen molar-refractivity contribution in [3.63, 3.8) is 0 Å². The quantitative estimate of drug-likeness (QED) is 0.866. The van der Waals surface area contributed by atoms with Gasteiger partial charge in [-0.25, -0.2) is 0 Å². The number of fused-ring (bicyclic) bond motifs is 1. The summed E-state index contributed by atoms with van der Waals surface area (Å²) in [6.45, 7) is 6.88. The molecule has 0 bridgehead atoms. The van der Waals surface area contributed by atoms with Crippen LogP contribution in [0.5, 0.6) is 5.75 Å². The number of nitrogens with zero attached hydrogens (tertiary/aromatic N) is 2. The first-order valence-corrected chi connectivity index (χ1v) is 8.75. The van der Waals surface area contributed by atoms with E-state index in [2.05, 4.69) is 10.2 Å². The molecule has 2 aliphatic rings. The van der Waals surface area contributed by atoms with Gasteiger partial charge in [0.1, 0.15) is 5.75 Å². The molecule has 0 radical (unpaired) electrons. The van der Waals surface area contributed by atoms with Crippen LogP contribution in [0.3, 0.4) is 0 Å². The standard InChI is InChI=1S/C18H25N3O3/c1-2-21(11-5-10-20-8-3-4-9-20)18(23)14-6-7-16-15(12-14)19-17(22)13-24-16/h6-7,12H,2-5,8-11,13H2,1H3,(H,19,22). The predicted molar refractivity (Wildman–Crippen MR) is 92.4 cm³/mol. The molecule has 0 atom stereocenters. The number of amides is 2. The fourth-order valence-electron chi connectivity index (χ4n) is 3.29. The van der Waals surface area contributed by atoms with E-state index in [-0.39, 0.29) is 18.4 Å². The Bertz CT molecular complexity index is 612. The molecule has 6 nitrogen and oxygen atoms in total. The van der Waals surface area contributed by atoms with Gasteiger partial charge in [0.2, 0.25) is 0 Å². The minimum atomic E-state index is -0.190. The van der Waals surface area contributed by atoms with Crippen molar-refractivity contribution in [3.8, 4) is 5.75 Å². The first-order chi connectivity index (χ1) is 11.7. The Morgan fingerprint density at radius 3 is 2.88 bits per heavy atom. The maximum Gasteiger partial charge on any atom is 0.262 e. The highest BCUT2D eigenvalue weighted by Gasteiger charge is 2.20. The number of nitrogens with one attached hydrogen (secondary N) is 1. The van der Waals surface area contributed by atoms with Crippen LogP contribution < -0.4 is 10.1 Å². The van der Waals surface area contributed by atoms with Crippen molar-refractivity contribution < 1.29 is 14.3 Å². The number of carbonyl (C=O) groups excluding carboxylic acids is 2. The maximum atomic E-state index is 12.7. The first-order valence-electron chi connectivity index (χ1n) is 8.75. The molecule has 0 saturated carbocycles. The van der Waals surface area contributed by atoms with Gasteiger partial charge in [-0.05, 0) is 64.0 Å². The van der Waals surface area contributed by atoms with Crippen LogP contribution in [-0.4, -0.2) is 60.9 Å². The van der Waals surface area contributed by atoms with Crippen LogP contribution in [0.15, 0.2) is 18.2 Å². The third-order valence-electron chi connectivity index (χ3n) is 4.63. The second-order valence-electron chi connectivity index (χ2n) is 6.33. The first kappa shape index (κ1) is 16.8. The van der Waals surface area contributed by atoms with Crippen molar-refractivity contribution in [2.24, 2.45) is 0 Å². The van der Waals surface area contributed by atoms with Crippen molar-refractivity contribution in [2.75, 3.05) is 44.6 Å². The normalized spacial score (nSPS) is 17.1. The molecule has 2 amide bonds. The number of ether oxygens (including phenoxy) is 1. The van der Waals surface area contributed by atoms with E-state index in [1.807, 2.05) is 11.8 Å². The van der Waals surface area contributed by atoms with Crippen molar-refractivity contribution in [3.05, 3.63) is 23.8 Å². The topological polar surface area (TPSA) is 61.9 Å². The van der Waals surface area contributed by atoms with Gasteiger partial charge >= 0.3 is 0 Å². The SMILES string of the molecule is CCN(CCCN1CCCC1)C(=O)c1ccc2c(c1)NC(=O)CO2. The van der Waals surface area contributed by atoms with Crippen LogP contribution in [-0.2, 0) is 4.79 Å². The van der Waals surface area contributed by atoms with E-state index in [4.69, 9.17) is 4.74 Å². The Hall–Kier alpha value is -2.08. The molecular formula is C18H25N3O3. The van der Waals surface area contributed by atoms with E-state index >= 15 is 0 Å². The summed E-state index contributed by atoms with van der Waals surface area (Å²) in [5.41, 5.74) is 1.16. The summed E-state index contributed by atoms with van der Waals surface area (Å²) >= 11 is 0. The average molecular weight is 331 g/mol. The largest absolute Gasteiger partial charge is 0.482 e. The maximum absolute atomic E-state index is 12.7. The number of anilines is 1. The lowest BCUT2D eigenvalue weighted by molar-refractivity contribution is -0.118. The van der Waals surface area contributed by atoms with Crippen molar-refractivity contribution >= 4 is 17.5 Å². The number of likely N-dealkylation sites (tertiary alicyclic amines) is 1. The smallest absolute Gasteiger partial charge is 0.262 e. The summed E-state index contributed by atoms with van der Waals surface area (Å²) in [6.07, 6.45) is 3.57. The van der Waals surface area contributed by atoms with Gasteiger partial charge < -0.3 is 19.9 Å². The lowest BCUT2D eigenvalue weighted by Gasteiger charge is -2.24. The lowest BCUT2D eigenvalue weighted by atomic mass is 10.1. The summed E-state index contributed by atoms with van der Waals surface area (Å²) in [5.74, 6) is 0.426. The zero-order valence-electron chi connectivity index (χ0n) is 14.2. The number of carbonyl (C=O) groups is 2. The Balaban J connectivity index is 1.60. The zero-order valence-corrected chi connectivity index (χ0v) is 14.2. The molecule has 1 aromatic rings. The molecule has 130 valence electrons. The second kappa shape index (κ2) is 7.66. The zero-order chi connectivity index (χ0) is 16.9. The Morgan fingerprint density at radius 1 is 1.33 bits per heavy atom. The van der Waals surface area contributed by atoms with E-state index in [0.29, 0.717) is 23.5 Å². The monoisotopic (exact) mass is 331 g/mol. The minimum absolute atomic E-state index is 0.00143. The van der Waals surface area contributed by atoms with Crippen LogP contribution in [0, 0.1) is 0 Å². The average Bonchev–Trinajstić information content (AvgIpc) is 3.11. The summed E-state index contributed by atoms with van der Waals surface area (Å²) in [7, 11) is 0. The summed E-state index contributed by atoms with van der Waals surface area (Å²) in [4.78, 5) is 28.5. The van der Waals surface area contributed by atoms with Crippen LogP contribution in [0.25, 0.3) is 0 Å². The highest BCUT2D eigenvalue weighted by Crippen LogP contribution is 2.28. The number of hydrogen-bond donors (Lipinski definition) is 1. The Kier molecular flexibility index (Phi) is 5.35. The predicted octanol–water partition coefficient (Wildman–Crippen LogP) is 1.97. The Morgan fingerprint density at radius 2 is 2.12 bits per heavy atom. The molecule has 0 unspecified atom stereocenters. The number of hydrogen-bond acceptors (Lipinski definition) is 4. The molecule has 1 saturated heterocycles. The molecule has 2 aliphatic heterocycles. The van der Waals surface area contributed by atoms with Gasteiger partial charge in [-0.2, -0.15) is 0 Å². The van der Waals surface area contributed by atoms with Gasteiger partial charge in [0.15, 0.2) is 6.61 Å². The fraction of sp³-hybridized carbons (Fsp3) is 0.556. The lowest BCUT2D eigenvalue weighted by Crippen LogP contribution is -2.34. The molecule has 24 heavy (non-hydrogen) atoms. The van der Waals surface area contributed by atoms with Crippen molar-refractivity contribution in [1.82, 2.24) is 9.80 Å². The molecule has 1 fully saturated rings. The summed E-state index contributed by atoms with van der Waals surface area (Å²) in [5, 5.41) is 2.75. The molecule has 2 heterocycles. The summed E-state index contributed by atoms with van der Waals surface area (Å²) in [6, 6.07) is 5.22. The molecule has 0 spiro atoms.